The van der Waals surface area contributed by atoms with E-state index in [0.29, 0.717) is 73.5 Å². The van der Waals surface area contributed by atoms with Crippen molar-refractivity contribution < 1.29 is 18.9 Å². The van der Waals surface area contributed by atoms with E-state index in [1.54, 1.807) is 0 Å². The number of ether oxygens (including phenoxy) is 4. The largest absolute Gasteiger partial charge is 0.377 e. The van der Waals surface area contributed by atoms with Crippen LogP contribution in [0.5, 0.6) is 0 Å². The van der Waals surface area contributed by atoms with E-state index in [-0.39, 0.29) is 0 Å². The Morgan fingerprint density at radius 1 is 0.567 bits per heavy atom. The molecule has 0 amide bonds. The van der Waals surface area contributed by atoms with E-state index in [4.69, 9.17) is 18.9 Å². The van der Waals surface area contributed by atoms with Crippen molar-refractivity contribution >= 4 is 0 Å². The Balaban J connectivity index is 1.02. The van der Waals surface area contributed by atoms with E-state index in [1.165, 1.54) is 38.5 Å². The molecule has 0 spiro atoms. The molecule has 4 aliphatic rings. The summed E-state index contributed by atoms with van der Waals surface area (Å²) >= 11 is 0. The Morgan fingerprint density at radius 2 is 0.933 bits per heavy atom. The van der Waals surface area contributed by atoms with Crippen molar-refractivity contribution in [3.05, 3.63) is 0 Å². The lowest BCUT2D eigenvalue weighted by molar-refractivity contribution is -0.0771. The second-order valence-electron chi connectivity index (χ2n) is 12.2. The summed E-state index contributed by atoms with van der Waals surface area (Å²) in [4.78, 5) is 0. The molecule has 4 fully saturated rings. The average Bonchev–Trinajstić information content (AvgIpc) is 3.21. The normalized spacial score (nSPS) is 43.0. The lowest BCUT2D eigenvalue weighted by Gasteiger charge is -2.39. The molecule has 0 heterocycles. The molecule has 4 saturated carbocycles. The van der Waals surface area contributed by atoms with Gasteiger partial charge < -0.3 is 18.9 Å². The van der Waals surface area contributed by atoms with Crippen LogP contribution in [0, 0.1) is 33.5 Å². The third-order valence-corrected chi connectivity index (χ3v) is 10.9. The van der Waals surface area contributed by atoms with Gasteiger partial charge in [-0.3, -0.25) is 0 Å². The summed E-state index contributed by atoms with van der Waals surface area (Å²) in [6.07, 6.45) is 8.63. The maximum Gasteiger partial charge on any atom is 0.0704 e. The van der Waals surface area contributed by atoms with Crippen LogP contribution < -0.4 is 0 Å². The number of hydrogen-bond donors (Lipinski definition) is 0. The molecule has 0 aromatic rings. The molecule has 0 N–H and O–H groups in total. The monoisotopic (exact) mass is 422 g/mol. The maximum atomic E-state index is 6.24. The minimum absolute atomic E-state index is 0.339. The van der Waals surface area contributed by atoms with Crippen molar-refractivity contribution in [2.75, 3.05) is 39.6 Å². The minimum atomic E-state index is 0.339. The Bertz CT molecular complexity index is 550. The number of fused-ring (bicyclic) bond motifs is 4. The van der Waals surface area contributed by atoms with Crippen molar-refractivity contribution in [2.45, 2.75) is 92.3 Å². The molecule has 0 aliphatic heterocycles. The highest BCUT2D eigenvalue weighted by molar-refractivity contribution is 5.12. The molecule has 0 aromatic heterocycles. The molecule has 6 unspecified atom stereocenters. The highest BCUT2D eigenvalue weighted by Gasteiger charge is 2.62. The Morgan fingerprint density at radius 3 is 1.23 bits per heavy atom. The first kappa shape index (κ1) is 23.0. The third kappa shape index (κ3) is 3.58. The Labute approximate surface area is 184 Å². The van der Waals surface area contributed by atoms with Crippen LogP contribution in [0.25, 0.3) is 0 Å². The van der Waals surface area contributed by atoms with Crippen LogP contribution in [0.1, 0.15) is 80.1 Å². The fraction of sp³-hybridized carbons (Fsp3) is 1.00. The van der Waals surface area contributed by atoms with Crippen molar-refractivity contribution in [3.8, 4) is 0 Å². The summed E-state index contributed by atoms with van der Waals surface area (Å²) in [5.41, 5.74) is 1.51. The van der Waals surface area contributed by atoms with Gasteiger partial charge in [-0.2, -0.15) is 0 Å². The van der Waals surface area contributed by atoms with Gasteiger partial charge in [-0.15, -0.1) is 0 Å². The van der Waals surface area contributed by atoms with E-state index < -0.39 is 0 Å². The van der Waals surface area contributed by atoms with Crippen LogP contribution >= 0.6 is 0 Å². The number of rotatable bonds is 11. The summed E-state index contributed by atoms with van der Waals surface area (Å²) in [5, 5.41) is 0. The van der Waals surface area contributed by atoms with Crippen molar-refractivity contribution in [3.63, 3.8) is 0 Å². The second-order valence-corrected chi connectivity index (χ2v) is 12.2. The predicted octanol–water partition coefficient (Wildman–Crippen LogP) is 5.48. The highest BCUT2D eigenvalue weighted by Crippen LogP contribution is 2.67. The molecule has 4 heteroatoms. The van der Waals surface area contributed by atoms with Gasteiger partial charge in [0.25, 0.3) is 0 Å². The van der Waals surface area contributed by atoms with Crippen molar-refractivity contribution in [1.29, 1.82) is 0 Å². The first-order valence-electron chi connectivity index (χ1n) is 12.5. The molecule has 6 atom stereocenters. The van der Waals surface area contributed by atoms with Crippen LogP contribution in [0.2, 0.25) is 0 Å². The number of hydrogen-bond acceptors (Lipinski definition) is 4. The molecular formula is C26H46O4. The summed E-state index contributed by atoms with van der Waals surface area (Å²) in [6.45, 7) is 18.6. The third-order valence-electron chi connectivity index (χ3n) is 10.9. The highest BCUT2D eigenvalue weighted by atomic mass is 16.6. The summed E-state index contributed by atoms with van der Waals surface area (Å²) < 4.78 is 23.9. The SMILES string of the molecule is CC1(C)C2CCC1(C)C(OCCOCCOCCOC1CC3CCC1(C)C3(C)C)C2. The quantitative estimate of drug-likeness (QED) is 0.413. The lowest BCUT2D eigenvalue weighted by atomic mass is 9.70. The Hall–Kier alpha value is -0.160. The molecule has 4 bridgehead atoms. The van der Waals surface area contributed by atoms with Gasteiger partial charge >= 0.3 is 0 Å². The molecular weight excluding hydrogens is 376 g/mol. The zero-order valence-corrected chi connectivity index (χ0v) is 20.4. The van der Waals surface area contributed by atoms with E-state index in [9.17, 15) is 0 Å². The van der Waals surface area contributed by atoms with Gasteiger partial charge in [0.15, 0.2) is 0 Å². The summed E-state index contributed by atoms with van der Waals surface area (Å²) in [5.74, 6) is 1.66. The van der Waals surface area contributed by atoms with E-state index in [2.05, 4.69) is 41.5 Å². The maximum absolute atomic E-state index is 6.24. The standard InChI is InChI=1S/C26H46O4/c1-23(2)19-7-9-25(23,5)21(17-19)29-15-13-27-11-12-28-14-16-30-22-18-20-8-10-26(22,6)24(20,3)4/h19-22H,7-18H2,1-6H3. The van der Waals surface area contributed by atoms with Crippen molar-refractivity contribution in [1.82, 2.24) is 0 Å². The van der Waals surface area contributed by atoms with Gasteiger partial charge in [0.05, 0.1) is 51.8 Å². The lowest BCUT2D eigenvalue weighted by Crippen LogP contribution is -2.37. The molecule has 4 nitrogen and oxygen atoms in total. The smallest absolute Gasteiger partial charge is 0.0704 e. The van der Waals surface area contributed by atoms with E-state index >= 15 is 0 Å². The predicted molar refractivity (Wildman–Crippen MR) is 120 cm³/mol. The van der Waals surface area contributed by atoms with Crippen LogP contribution in [0.15, 0.2) is 0 Å². The van der Waals surface area contributed by atoms with Crippen LogP contribution in [0.4, 0.5) is 0 Å². The molecule has 0 saturated heterocycles. The molecule has 4 aliphatic carbocycles. The first-order chi connectivity index (χ1) is 14.1. The van der Waals surface area contributed by atoms with Crippen molar-refractivity contribution in [2.24, 2.45) is 33.5 Å². The topological polar surface area (TPSA) is 36.9 Å². The van der Waals surface area contributed by atoms with Gasteiger partial charge in [0, 0.05) is 0 Å². The molecule has 4 rings (SSSR count). The van der Waals surface area contributed by atoms with E-state index in [0.717, 1.165) is 11.8 Å². The van der Waals surface area contributed by atoms with Crippen LogP contribution in [0.3, 0.4) is 0 Å². The van der Waals surface area contributed by atoms with Gasteiger partial charge in [-0.1, -0.05) is 41.5 Å². The minimum Gasteiger partial charge on any atom is -0.377 e. The second kappa shape index (κ2) is 8.32. The van der Waals surface area contributed by atoms with Crippen LogP contribution in [-0.2, 0) is 18.9 Å². The Kier molecular flexibility index (Phi) is 6.38. The van der Waals surface area contributed by atoms with Gasteiger partial charge in [0.1, 0.15) is 0 Å². The fourth-order valence-corrected chi connectivity index (χ4v) is 7.59. The molecule has 0 aromatic carbocycles. The fourth-order valence-electron chi connectivity index (χ4n) is 7.59. The van der Waals surface area contributed by atoms with Gasteiger partial charge in [-0.25, -0.2) is 0 Å². The van der Waals surface area contributed by atoms with E-state index in [1.807, 2.05) is 0 Å². The van der Waals surface area contributed by atoms with Gasteiger partial charge in [0.2, 0.25) is 0 Å². The zero-order chi connectivity index (χ0) is 21.6. The van der Waals surface area contributed by atoms with Crippen LogP contribution in [-0.4, -0.2) is 51.8 Å². The van der Waals surface area contributed by atoms with Gasteiger partial charge in [-0.05, 0) is 72.0 Å². The summed E-state index contributed by atoms with van der Waals surface area (Å²) in [7, 11) is 0. The summed E-state index contributed by atoms with van der Waals surface area (Å²) in [6, 6.07) is 0. The molecule has 0 radical (unpaired) electrons. The average molecular weight is 423 g/mol. The molecule has 30 heavy (non-hydrogen) atoms. The first-order valence-corrected chi connectivity index (χ1v) is 12.5. The molecule has 174 valence electrons. The zero-order valence-electron chi connectivity index (χ0n) is 20.4.